The predicted octanol–water partition coefficient (Wildman–Crippen LogP) is 2.59. The quantitative estimate of drug-likeness (QED) is 0.484. The van der Waals surface area contributed by atoms with Gasteiger partial charge in [-0.3, -0.25) is 9.78 Å². The number of pyridine rings is 1. The van der Waals surface area contributed by atoms with Gasteiger partial charge >= 0.3 is 0 Å². The van der Waals surface area contributed by atoms with Crippen LogP contribution >= 0.6 is 0 Å². The Morgan fingerprint density at radius 3 is 2.81 bits per heavy atom. The molecule has 0 fully saturated rings. The van der Waals surface area contributed by atoms with Crippen molar-refractivity contribution in [2.24, 2.45) is 0 Å². The summed E-state index contributed by atoms with van der Waals surface area (Å²) >= 11 is 0. The van der Waals surface area contributed by atoms with Gasteiger partial charge in [-0.05, 0) is 24.3 Å². The first kappa shape index (κ1) is 16.1. The van der Waals surface area contributed by atoms with Crippen molar-refractivity contribution in [3.8, 4) is 0 Å². The van der Waals surface area contributed by atoms with E-state index in [4.69, 9.17) is 5.73 Å². The second-order valence-electron chi connectivity index (χ2n) is 6.20. The van der Waals surface area contributed by atoms with Gasteiger partial charge in [0.25, 0.3) is 0 Å². The number of anilines is 1. The van der Waals surface area contributed by atoms with Gasteiger partial charge in [-0.2, -0.15) is 0 Å². The topological polar surface area (TPSA) is 96.7 Å². The number of carbonyl (C=O) groups is 1. The number of nitrogen functional groups attached to an aromatic ring is 1. The Hall–Kier alpha value is -3.41. The summed E-state index contributed by atoms with van der Waals surface area (Å²) in [5.74, 6) is 0.797. The number of H-pyrrole nitrogens is 1. The Kier molecular flexibility index (Phi) is 4.23. The summed E-state index contributed by atoms with van der Waals surface area (Å²) in [6.45, 7) is 0.522. The van der Waals surface area contributed by atoms with Crippen LogP contribution in [-0.4, -0.2) is 27.4 Å². The van der Waals surface area contributed by atoms with E-state index in [0.29, 0.717) is 24.3 Å². The molecule has 0 saturated heterocycles. The molecule has 6 nitrogen and oxygen atoms in total. The molecule has 1 amide bonds. The van der Waals surface area contributed by atoms with Crippen LogP contribution in [0.1, 0.15) is 11.5 Å². The lowest BCUT2D eigenvalue weighted by atomic mass is 10.1. The highest BCUT2D eigenvalue weighted by Crippen LogP contribution is 2.19. The molecule has 0 saturated carbocycles. The van der Waals surface area contributed by atoms with E-state index >= 15 is 0 Å². The first-order valence-corrected chi connectivity index (χ1v) is 8.53. The maximum absolute atomic E-state index is 12.2. The lowest BCUT2D eigenvalue weighted by Gasteiger charge is -2.06. The van der Waals surface area contributed by atoms with Gasteiger partial charge in [0, 0.05) is 18.4 Å². The summed E-state index contributed by atoms with van der Waals surface area (Å²) in [5, 5.41) is 3.89. The number of rotatable bonds is 5. The fourth-order valence-corrected chi connectivity index (χ4v) is 2.98. The zero-order chi connectivity index (χ0) is 17.9. The second kappa shape index (κ2) is 6.84. The number of aromatic amines is 1. The van der Waals surface area contributed by atoms with Crippen LogP contribution in [0, 0.1) is 0 Å². The van der Waals surface area contributed by atoms with Crippen LogP contribution in [0.5, 0.6) is 0 Å². The van der Waals surface area contributed by atoms with Gasteiger partial charge in [-0.25, -0.2) is 4.98 Å². The Balaban J connectivity index is 1.36. The Morgan fingerprint density at radius 1 is 1.04 bits per heavy atom. The normalized spacial score (nSPS) is 11.1. The molecule has 4 rings (SSSR count). The van der Waals surface area contributed by atoms with E-state index in [-0.39, 0.29) is 12.3 Å². The lowest BCUT2D eigenvalue weighted by molar-refractivity contribution is -0.120. The van der Waals surface area contributed by atoms with Crippen LogP contribution in [0.3, 0.4) is 0 Å². The van der Waals surface area contributed by atoms with Crippen molar-refractivity contribution < 1.29 is 4.79 Å². The molecule has 2 heterocycles. The number of imidazole rings is 1. The minimum absolute atomic E-state index is 0.0672. The number of nitrogens with two attached hydrogens (primary N) is 1. The highest BCUT2D eigenvalue weighted by Gasteiger charge is 2.08. The zero-order valence-corrected chi connectivity index (χ0v) is 14.2. The van der Waals surface area contributed by atoms with Gasteiger partial charge in [0.2, 0.25) is 5.91 Å². The molecule has 0 atom stereocenters. The Bertz CT molecular complexity index is 1050. The van der Waals surface area contributed by atoms with Crippen LogP contribution in [-0.2, 0) is 17.6 Å². The van der Waals surface area contributed by atoms with Crippen LogP contribution in [0.25, 0.3) is 21.9 Å². The van der Waals surface area contributed by atoms with Crippen LogP contribution in [0.2, 0.25) is 0 Å². The Morgan fingerprint density at radius 2 is 1.92 bits per heavy atom. The van der Waals surface area contributed by atoms with Gasteiger partial charge in [0.05, 0.1) is 34.4 Å². The van der Waals surface area contributed by atoms with E-state index in [1.165, 1.54) is 0 Å². The molecule has 0 radical (unpaired) electrons. The maximum atomic E-state index is 12.2. The molecule has 6 heteroatoms. The summed E-state index contributed by atoms with van der Waals surface area (Å²) < 4.78 is 0. The molecule has 26 heavy (non-hydrogen) atoms. The van der Waals surface area contributed by atoms with Gasteiger partial charge in [0.15, 0.2) is 0 Å². The third kappa shape index (κ3) is 3.35. The van der Waals surface area contributed by atoms with E-state index in [1.54, 1.807) is 0 Å². The predicted molar refractivity (Wildman–Crippen MR) is 103 cm³/mol. The van der Waals surface area contributed by atoms with E-state index in [1.807, 2.05) is 54.6 Å². The van der Waals surface area contributed by atoms with E-state index < -0.39 is 0 Å². The van der Waals surface area contributed by atoms with Gasteiger partial charge in [-0.1, -0.05) is 30.3 Å². The summed E-state index contributed by atoms with van der Waals surface area (Å²) in [5.41, 5.74) is 9.96. The van der Waals surface area contributed by atoms with E-state index in [9.17, 15) is 4.79 Å². The van der Waals surface area contributed by atoms with Crippen molar-refractivity contribution in [1.29, 1.82) is 0 Å². The number of amides is 1. The third-order valence-electron chi connectivity index (χ3n) is 4.27. The second-order valence-corrected chi connectivity index (χ2v) is 6.20. The molecule has 2 aromatic carbocycles. The van der Waals surface area contributed by atoms with Crippen molar-refractivity contribution in [2.45, 2.75) is 12.8 Å². The average molecular weight is 345 g/mol. The number of hydrogen-bond acceptors (Lipinski definition) is 4. The molecule has 2 aromatic heterocycles. The molecular weight excluding hydrogens is 326 g/mol. The molecule has 0 aliphatic rings. The Labute approximate surface area is 150 Å². The lowest BCUT2D eigenvalue weighted by Crippen LogP contribution is -2.27. The number of nitrogens with one attached hydrogen (secondary N) is 2. The number of carbonyl (C=O) groups excluding carboxylic acids is 1. The maximum Gasteiger partial charge on any atom is 0.226 e. The van der Waals surface area contributed by atoms with Crippen molar-refractivity contribution in [3.05, 3.63) is 66.1 Å². The van der Waals surface area contributed by atoms with Crippen LogP contribution < -0.4 is 11.1 Å². The molecule has 0 bridgehead atoms. The largest absolute Gasteiger partial charge is 0.397 e. The average Bonchev–Trinajstić information content (AvgIpc) is 3.05. The summed E-state index contributed by atoms with van der Waals surface area (Å²) in [6, 6.07) is 17.3. The number of aromatic nitrogens is 3. The van der Waals surface area contributed by atoms with Gasteiger partial charge < -0.3 is 16.0 Å². The molecule has 0 aliphatic carbocycles. The SMILES string of the molecule is Nc1cccc2ccc(CC(=O)NCCc3nc4ccccc4[nH]3)nc12. The van der Waals surface area contributed by atoms with Crippen molar-refractivity contribution >= 4 is 33.5 Å². The van der Waals surface area contributed by atoms with Gasteiger partial charge in [-0.15, -0.1) is 0 Å². The third-order valence-corrected chi connectivity index (χ3v) is 4.27. The fourth-order valence-electron chi connectivity index (χ4n) is 2.98. The summed E-state index contributed by atoms with van der Waals surface area (Å²) in [6.07, 6.45) is 0.878. The molecule has 0 aliphatic heterocycles. The molecular formula is C20H19N5O. The van der Waals surface area contributed by atoms with Crippen molar-refractivity contribution in [3.63, 3.8) is 0 Å². The standard InChI is InChI=1S/C20H19N5O/c21-15-5-3-4-13-8-9-14(23-20(13)15)12-19(26)22-11-10-18-24-16-6-1-2-7-17(16)25-18/h1-9H,10-12,21H2,(H,22,26)(H,24,25). The summed E-state index contributed by atoms with van der Waals surface area (Å²) in [7, 11) is 0. The zero-order valence-electron chi connectivity index (χ0n) is 14.2. The molecule has 130 valence electrons. The number of nitrogens with zero attached hydrogens (tertiary/aromatic N) is 2. The van der Waals surface area contributed by atoms with Gasteiger partial charge in [0.1, 0.15) is 5.82 Å². The number of hydrogen-bond donors (Lipinski definition) is 3. The monoisotopic (exact) mass is 345 g/mol. The number of benzene rings is 2. The first-order chi connectivity index (χ1) is 12.7. The van der Waals surface area contributed by atoms with Crippen molar-refractivity contribution in [2.75, 3.05) is 12.3 Å². The van der Waals surface area contributed by atoms with Crippen LogP contribution in [0.4, 0.5) is 5.69 Å². The highest BCUT2D eigenvalue weighted by molar-refractivity contribution is 5.89. The van der Waals surface area contributed by atoms with Crippen molar-refractivity contribution in [1.82, 2.24) is 20.3 Å². The fraction of sp³-hybridized carbons (Fsp3) is 0.150. The highest BCUT2D eigenvalue weighted by atomic mass is 16.1. The first-order valence-electron chi connectivity index (χ1n) is 8.53. The smallest absolute Gasteiger partial charge is 0.226 e. The minimum Gasteiger partial charge on any atom is -0.397 e. The summed E-state index contributed by atoms with van der Waals surface area (Å²) in [4.78, 5) is 24.4. The molecule has 0 spiro atoms. The van der Waals surface area contributed by atoms with E-state index in [2.05, 4.69) is 20.3 Å². The molecule has 4 N–H and O–H groups in total. The van der Waals surface area contributed by atoms with E-state index in [0.717, 1.165) is 27.8 Å². The minimum atomic E-state index is -0.0672. The molecule has 4 aromatic rings. The number of fused-ring (bicyclic) bond motifs is 2. The number of para-hydroxylation sites is 3. The van der Waals surface area contributed by atoms with Crippen LogP contribution in [0.15, 0.2) is 54.6 Å². The molecule has 0 unspecified atom stereocenters.